The van der Waals surface area contributed by atoms with Crippen LogP contribution in [0.4, 0.5) is 17.1 Å². The molecule has 0 spiro atoms. The first-order valence-electron chi connectivity index (χ1n) is 10.1. The first-order valence-corrected chi connectivity index (χ1v) is 10.1. The molecule has 0 bridgehead atoms. The van der Waals surface area contributed by atoms with Gasteiger partial charge in [-0.15, -0.1) is 0 Å². The molecule has 0 unspecified atom stereocenters. The summed E-state index contributed by atoms with van der Waals surface area (Å²) in [5.74, 6) is -0.00166. The van der Waals surface area contributed by atoms with Crippen molar-refractivity contribution in [3.05, 3.63) is 48.3 Å². The molecular formula is C22H29N5O2. The van der Waals surface area contributed by atoms with Crippen molar-refractivity contribution in [2.24, 2.45) is 0 Å². The molecule has 1 aliphatic rings. The van der Waals surface area contributed by atoms with E-state index in [1.165, 1.54) is 5.69 Å². The van der Waals surface area contributed by atoms with E-state index in [1.54, 1.807) is 29.1 Å². The van der Waals surface area contributed by atoms with Gasteiger partial charge in [0.05, 0.1) is 17.4 Å². The Morgan fingerprint density at radius 1 is 0.966 bits per heavy atom. The summed E-state index contributed by atoms with van der Waals surface area (Å²) in [4.78, 5) is 34.3. The number of hydrogen-bond acceptors (Lipinski definition) is 5. The molecule has 1 fully saturated rings. The summed E-state index contributed by atoms with van der Waals surface area (Å²) in [5, 5.41) is 3.32. The lowest BCUT2D eigenvalue weighted by atomic mass is 10.2. The highest BCUT2D eigenvalue weighted by Crippen LogP contribution is 2.22. The second kappa shape index (κ2) is 9.41. The molecule has 2 heterocycles. The minimum atomic E-state index is -0.0544. The average Bonchev–Trinajstić information content (AvgIpc) is 2.75. The van der Waals surface area contributed by atoms with Crippen molar-refractivity contribution in [1.82, 2.24) is 14.8 Å². The normalized spacial score (nSPS) is 13.9. The van der Waals surface area contributed by atoms with Crippen LogP contribution in [0.15, 0.2) is 42.7 Å². The SMILES string of the molecule is CCN(CC)c1ccc(Nc2cncc(C(=O)N3CCN(C(C)=O)CC3)c2)cc1. The number of nitrogens with one attached hydrogen (secondary N) is 1. The van der Waals surface area contributed by atoms with Crippen LogP contribution in [0.3, 0.4) is 0 Å². The molecule has 154 valence electrons. The van der Waals surface area contributed by atoms with Crippen LogP contribution in [0, 0.1) is 0 Å². The Balaban J connectivity index is 1.65. The van der Waals surface area contributed by atoms with E-state index in [0.717, 1.165) is 24.5 Å². The zero-order valence-electron chi connectivity index (χ0n) is 17.4. The molecule has 3 rings (SSSR count). The molecule has 0 atom stereocenters. The Kier molecular flexibility index (Phi) is 6.69. The summed E-state index contributed by atoms with van der Waals surface area (Å²) in [6, 6.07) is 10.1. The van der Waals surface area contributed by atoms with E-state index >= 15 is 0 Å². The zero-order valence-corrected chi connectivity index (χ0v) is 17.4. The summed E-state index contributed by atoms with van der Waals surface area (Å²) < 4.78 is 0. The Morgan fingerprint density at radius 3 is 2.17 bits per heavy atom. The summed E-state index contributed by atoms with van der Waals surface area (Å²) >= 11 is 0. The van der Waals surface area contributed by atoms with Gasteiger partial charge in [-0.25, -0.2) is 0 Å². The maximum absolute atomic E-state index is 12.8. The van der Waals surface area contributed by atoms with Crippen molar-refractivity contribution in [3.8, 4) is 0 Å². The topological polar surface area (TPSA) is 68.8 Å². The Bertz CT molecular complexity index is 841. The van der Waals surface area contributed by atoms with E-state index in [2.05, 4.69) is 41.2 Å². The third-order valence-electron chi connectivity index (χ3n) is 5.28. The van der Waals surface area contributed by atoms with Gasteiger partial charge in [0.2, 0.25) is 5.91 Å². The molecule has 1 aliphatic heterocycles. The van der Waals surface area contributed by atoms with Gasteiger partial charge in [-0.05, 0) is 44.2 Å². The molecule has 29 heavy (non-hydrogen) atoms. The lowest BCUT2D eigenvalue weighted by Crippen LogP contribution is -2.50. The molecule has 1 aromatic carbocycles. The van der Waals surface area contributed by atoms with E-state index < -0.39 is 0 Å². The maximum Gasteiger partial charge on any atom is 0.255 e. The molecule has 0 saturated carbocycles. The highest BCUT2D eigenvalue weighted by atomic mass is 16.2. The molecule has 7 nitrogen and oxygen atoms in total. The third-order valence-corrected chi connectivity index (χ3v) is 5.28. The van der Waals surface area contributed by atoms with Crippen molar-refractivity contribution in [2.45, 2.75) is 20.8 Å². The van der Waals surface area contributed by atoms with Crippen LogP contribution in [0.1, 0.15) is 31.1 Å². The van der Waals surface area contributed by atoms with Crippen molar-refractivity contribution in [3.63, 3.8) is 0 Å². The molecule has 0 radical (unpaired) electrons. The summed E-state index contributed by atoms with van der Waals surface area (Å²) in [6.45, 7) is 10.0. The quantitative estimate of drug-likeness (QED) is 0.814. The van der Waals surface area contributed by atoms with Crippen LogP contribution < -0.4 is 10.2 Å². The molecule has 1 aromatic heterocycles. The summed E-state index contributed by atoms with van der Waals surface area (Å²) in [6.07, 6.45) is 3.30. The van der Waals surface area contributed by atoms with Gasteiger partial charge in [-0.2, -0.15) is 0 Å². The number of hydrogen-bond donors (Lipinski definition) is 1. The van der Waals surface area contributed by atoms with Crippen molar-refractivity contribution in [2.75, 3.05) is 49.5 Å². The lowest BCUT2D eigenvalue weighted by Gasteiger charge is -2.34. The van der Waals surface area contributed by atoms with Crippen molar-refractivity contribution < 1.29 is 9.59 Å². The largest absolute Gasteiger partial charge is 0.372 e. The smallest absolute Gasteiger partial charge is 0.255 e. The van der Waals surface area contributed by atoms with Crippen molar-refractivity contribution in [1.29, 1.82) is 0 Å². The summed E-state index contributed by atoms with van der Waals surface area (Å²) in [5.41, 5.74) is 3.45. The van der Waals surface area contributed by atoms with E-state index in [-0.39, 0.29) is 11.8 Å². The number of piperazine rings is 1. The number of amides is 2. The van der Waals surface area contributed by atoms with E-state index in [9.17, 15) is 9.59 Å². The number of aromatic nitrogens is 1. The lowest BCUT2D eigenvalue weighted by molar-refractivity contribution is -0.130. The average molecular weight is 396 g/mol. The number of benzene rings is 1. The molecule has 0 aliphatic carbocycles. The van der Waals surface area contributed by atoms with Gasteiger partial charge in [0.15, 0.2) is 0 Å². The fourth-order valence-corrected chi connectivity index (χ4v) is 3.54. The Hall–Kier alpha value is -3.09. The van der Waals surface area contributed by atoms with Crippen LogP contribution in [0.2, 0.25) is 0 Å². The van der Waals surface area contributed by atoms with Crippen LogP contribution in [0.5, 0.6) is 0 Å². The van der Waals surface area contributed by atoms with Gasteiger partial charge < -0.3 is 20.0 Å². The van der Waals surface area contributed by atoms with E-state index in [0.29, 0.717) is 31.7 Å². The van der Waals surface area contributed by atoms with Gasteiger partial charge >= 0.3 is 0 Å². The van der Waals surface area contributed by atoms with Gasteiger partial charge in [-0.3, -0.25) is 14.6 Å². The van der Waals surface area contributed by atoms with Gasteiger partial charge in [0.1, 0.15) is 0 Å². The fraction of sp³-hybridized carbons (Fsp3) is 0.409. The number of carbonyl (C=O) groups is 2. The van der Waals surface area contributed by atoms with Crippen LogP contribution in [-0.2, 0) is 4.79 Å². The predicted octanol–water partition coefficient (Wildman–Crippen LogP) is 2.98. The number of rotatable bonds is 6. The van der Waals surface area contributed by atoms with Crippen LogP contribution in [-0.4, -0.2) is 65.9 Å². The minimum Gasteiger partial charge on any atom is -0.372 e. The van der Waals surface area contributed by atoms with Crippen molar-refractivity contribution >= 4 is 28.9 Å². The summed E-state index contributed by atoms with van der Waals surface area (Å²) in [7, 11) is 0. The van der Waals surface area contributed by atoms with Crippen LogP contribution in [0.25, 0.3) is 0 Å². The van der Waals surface area contributed by atoms with E-state index in [4.69, 9.17) is 0 Å². The second-order valence-corrected chi connectivity index (χ2v) is 7.10. The molecule has 1 saturated heterocycles. The molecular weight excluding hydrogens is 366 g/mol. The maximum atomic E-state index is 12.8. The molecule has 2 amide bonds. The number of nitrogens with zero attached hydrogens (tertiary/aromatic N) is 4. The number of pyridine rings is 1. The monoisotopic (exact) mass is 395 g/mol. The number of anilines is 3. The second-order valence-electron chi connectivity index (χ2n) is 7.10. The highest BCUT2D eigenvalue weighted by Gasteiger charge is 2.23. The number of carbonyl (C=O) groups excluding carboxylic acids is 2. The first kappa shape index (κ1) is 20.6. The first-order chi connectivity index (χ1) is 14.0. The fourth-order valence-electron chi connectivity index (χ4n) is 3.54. The molecule has 7 heteroatoms. The predicted molar refractivity (Wildman–Crippen MR) is 116 cm³/mol. The van der Waals surface area contributed by atoms with Gasteiger partial charge in [-0.1, -0.05) is 0 Å². The van der Waals surface area contributed by atoms with Gasteiger partial charge in [0, 0.05) is 63.8 Å². The molecule has 2 aromatic rings. The van der Waals surface area contributed by atoms with Crippen LogP contribution >= 0.6 is 0 Å². The van der Waals surface area contributed by atoms with Gasteiger partial charge in [0.25, 0.3) is 5.91 Å². The highest BCUT2D eigenvalue weighted by molar-refractivity contribution is 5.95. The standard InChI is InChI=1S/C22H29N5O2/c1-4-25(5-2)21-8-6-19(7-9-21)24-20-14-18(15-23-16-20)22(29)27-12-10-26(11-13-27)17(3)28/h6-9,14-16,24H,4-5,10-13H2,1-3H3. The minimum absolute atomic E-state index is 0.0528. The zero-order chi connectivity index (χ0) is 20.8. The Morgan fingerprint density at radius 2 is 1.59 bits per heavy atom. The molecule has 1 N–H and O–H groups in total. The van der Waals surface area contributed by atoms with E-state index in [1.807, 2.05) is 18.2 Å². The Labute approximate surface area is 172 Å². The third kappa shape index (κ3) is 5.04.